The van der Waals surface area contributed by atoms with Crippen molar-refractivity contribution in [2.75, 3.05) is 18.5 Å². The number of nitrogens with zero attached hydrogens (tertiary/aromatic N) is 4. The zero-order valence-electron chi connectivity index (χ0n) is 11.5. The molecule has 2 aromatic heterocycles. The maximum Gasteiger partial charge on any atom is 0.223 e. The highest BCUT2D eigenvalue weighted by atomic mass is 16.5. The van der Waals surface area contributed by atoms with E-state index in [1.54, 1.807) is 18.5 Å². The molecule has 0 aliphatic carbocycles. The molecule has 3 heterocycles. The molecule has 7 heteroatoms. The minimum absolute atomic E-state index is 0.0316. The summed E-state index contributed by atoms with van der Waals surface area (Å²) in [5.41, 5.74) is 1.42. The zero-order chi connectivity index (χ0) is 14.5. The van der Waals surface area contributed by atoms with Crippen molar-refractivity contribution in [2.45, 2.75) is 18.9 Å². The third-order valence-electron chi connectivity index (χ3n) is 3.59. The Bertz CT molecular complexity index is 621. The van der Waals surface area contributed by atoms with Gasteiger partial charge in [-0.25, -0.2) is 9.97 Å². The van der Waals surface area contributed by atoms with Crippen LogP contribution in [0.25, 0.3) is 0 Å². The Morgan fingerprint density at radius 3 is 3.29 bits per heavy atom. The molecule has 21 heavy (non-hydrogen) atoms. The Morgan fingerprint density at radius 1 is 1.52 bits per heavy atom. The van der Waals surface area contributed by atoms with Crippen LogP contribution in [-0.2, 0) is 4.74 Å². The van der Waals surface area contributed by atoms with Crippen molar-refractivity contribution < 1.29 is 4.74 Å². The SMILES string of the molecule is N#Cc1ccnc(NC[C@@H]2CCCO[C@H]2c2cn[nH]c2)n1. The first-order valence-corrected chi connectivity index (χ1v) is 6.94. The van der Waals surface area contributed by atoms with Crippen LogP contribution in [0.4, 0.5) is 5.95 Å². The average molecular weight is 284 g/mol. The predicted molar refractivity (Wildman–Crippen MR) is 75.2 cm³/mol. The van der Waals surface area contributed by atoms with Gasteiger partial charge in [0.25, 0.3) is 0 Å². The van der Waals surface area contributed by atoms with Crippen molar-refractivity contribution in [1.82, 2.24) is 20.2 Å². The molecule has 2 atom stereocenters. The number of nitriles is 1. The van der Waals surface area contributed by atoms with Crippen LogP contribution in [0.15, 0.2) is 24.7 Å². The lowest BCUT2D eigenvalue weighted by Crippen LogP contribution is -2.28. The summed E-state index contributed by atoms with van der Waals surface area (Å²) in [5.74, 6) is 0.802. The van der Waals surface area contributed by atoms with Crippen molar-refractivity contribution in [1.29, 1.82) is 5.26 Å². The Hall–Kier alpha value is -2.46. The number of aromatic nitrogens is 4. The zero-order valence-corrected chi connectivity index (χ0v) is 11.5. The molecule has 1 fully saturated rings. The molecular formula is C14H16N6O. The summed E-state index contributed by atoms with van der Waals surface area (Å²) >= 11 is 0. The molecule has 1 aliphatic rings. The molecule has 0 saturated carbocycles. The highest BCUT2D eigenvalue weighted by molar-refractivity contribution is 5.30. The van der Waals surface area contributed by atoms with Gasteiger partial charge in [-0.15, -0.1) is 0 Å². The summed E-state index contributed by atoms with van der Waals surface area (Å²) in [6.45, 7) is 1.47. The first-order chi connectivity index (χ1) is 10.4. The van der Waals surface area contributed by atoms with Gasteiger partial charge in [-0.1, -0.05) is 0 Å². The van der Waals surface area contributed by atoms with Gasteiger partial charge in [0.2, 0.25) is 5.95 Å². The molecule has 0 unspecified atom stereocenters. The van der Waals surface area contributed by atoms with Crippen LogP contribution in [0.3, 0.4) is 0 Å². The Morgan fingerprint density at radius 2 is 2.48 bits per heavy atom. The van der Waals surface area contributed by atoms with E-state index in [9.17, 15) is 0 Å². The average Bonchev–Trinajstić information content (AvgIpc) is 3.08. The minimum atomic E-state index is 0.0316. The van der Waals surface area contributed by atoms with Gasteiger partial charge in [-0.2, -0.15) is 10.4 Å². The Balaban J connectivity index is 1.66. The second kappa shape index (κ2) is 6.33. The molecule has 0 bridgehead atoms. The van der Waals surface area contributed by atoms with Gasteiger partial charge in [-0.05, 0) is 18.9 Å². The van der Waals surface area contributed by atoms with Crippen molar-refractivity contribution in [3.63, 3.8) is 0 Å². The fraction of sp³-hybridized carbons (Fsp3) is 0.429. The van der Waals surface area contributed by atoms with Gasteiger partial charge in [0, 0.05) is 37.0 Å². The number of H-pyrrole nitrogens is 1. The van der Waals surface area contributed by atoms with Crippen LogP contribution >= 0.6 is 0 Å². The molecule has 0 aromatic carbocycles. The van der Waals surface area contributed by atoms with Crippen LogP contribution < -0.4 is 5.32 Å². The first kappa shape index (κ1) is 13.5. The minimum Gasteiger partial charge on any atom is -0.373 e. The lowest BCUT2D eigenvalue weighted by Gasteiger charge is -2.31. The summed E-state index contributed by atoms with van der Waals surface area (Å²) in [4.78, 5) is 8.25. The Kier molecular flexibility index (Phi) is 4.07. The number of hydrogen-bond acceptors (Lipinski definition) is 6. The molecule has 0 radical (unpaired) electrons. The molecule has 1 aliphatic heterocycles. The standard InChI is InChI=1S/C14H16N6O/c15-6-12-3-4-16-14(20-12)17-7-10-2-1-5-21-13(10)11-8-18-19-9-11/h3-4,8-10,13H,1-2,5,7H2,(H,18,19)(H,16,17,20)/t10-,13+/m0/s1. The molecule has 108 valence electrons. The first-order valence-electron chi connectivity index (χ1n) is 6.94. The van der Waals surface area contributed by atoms with Gasteiger partial charge < -0.3 is 10.1 Å². The second-order valence-electron chi connectivity index (χ2n) is 4.98. The van der Waals surface area contributed by atoms with Crippen LogP contribution in [0.5, 0.6) is 0 Å². The topological polar surface area (TPSA) is 99.5 Å². The maximum atomic E-state index is 8.85. The number of ether oxygens (including phenoxy) is 1. The quantitative estimate of drug-likeness (QED) is 0.885. The van der Waals surface area contributed by atoms with E-state index in [1.165, 1.54) is 0 Å². The van der Waals surface area contributed by atoms with Crippen molar-refractivity contribution in [2.24, 2.45) is 5.92 Å². The normalized spacial score (nSPS) is 21.7. The maximum absolute atomic E-state index is 8.85. The smallest absolute Gasteiger partial charge is 0.223 e. The number of rotatable bonds is 4. The predicted octanol–water partition coefficient (Wildman–Crippen LogP) is 1.65. The number of anilines is 1. The fourth-order valence-electron chi connectivity index (χ4n) is 2.57. The van der Waals surface area contributed by atoms with Crippen LogP contribution in [0.1, 0.15) is 30.2 Å². The summed E-state index contributed by atoms with van der Waals surface area (Å²) in [6.07, 6.45) is 7.40. The summed E-state index contributed by atoms with van der Waals surface area (Å²) < 4.78 is 5.88. The molecule has 2 aromatic rings. The molecule has 7 nitrogen and oxygen atoms in total. The lowest BCUT2D eigenvalue weighted by atomic mass is 9.91. The van der Waals surface area contributed by atoms with E-state index in [2.05, 4.69) is 25.5 Å². The second-order valence-corrected chi connectivity index (χ2v) is 4.98. The lowest BCUT2D eigenvalue weighted by molar-refractivity contribution is -0.0238. The summed E-state index contributed by atoms with van der Waals surface area (Å²) in [7, 11) is 0. The van der Waals surface area contributed by atoms with E-state index < -0.39 is 0 Å². The van der Waals surface area contributed by atoms with Gasteiger partial charge in [0.1, 0.15) is 11.8 Å². The molecule has 2 N–H and O–H groups in total. The third kappa shape index (κ3) is 3.17. The molecule has 3 rings (SSSR count). The highest BCUT2D eigenvalue weighted by Crippen LogP contribution is 2.33. The van der Waals surface area contributed by atoms with Gasteiger partial charge in [-0.3, -0.25) is 5.10 Å². The molecule has 0 amide bonds. The third-order valence-corrected chi connectivity index (χ3v) is 3.59. The summed E-state index contributed by atoms with van der Waals surface area (Å²) in [6, 6.07) is 3.59. The number of hydrogen-bond donors (Lipinski definition) is 2. The van der Waals surface area contributed by atoms with E-state index >= 15 is 0 Å². The molecule has 1 saturated heterocycles. The molecule has 0 spiro atoms. The van der Waals surface area contributed by atoms with E-state index in [4.69, 9.17) is 10.00 Å². The van der Waals surface area contributed by atoms with Gasteiger partial charge >= 0.3 is 0 Å². The van der Waals surface area contributed by atoms with Gasteiger partial charge in [0.15, 0.2) is 0 Å². The van der Waals surface area contributed by atoms with Crippen molar-refractivity contribution >= 4 is 5.95 Å². The monoisotopic (exact) mass is 284 g/mol. The van der Waals surface area contributed by atoms with Gasteiger partial charge in [0.05, 0.1) is 12.3 Å². The Labute approximate surface area is 122 Å². The fourth-order valence-corrected chi connectivity index (χ4v) is 2.57. The van der Waals surface area contributed by atoms with Crippen LogP contribution in [0, 0.1) is 17.2 Å². The number of nitrogens with one attached hydrogen (secondary N) is 2. The number of aromatic amines is 1. The van der Waals surface area contributed by atoms with E-state index in [1.807, 2.05) is 12.3 Å². The van der Waals surface area contributed by atoms with Crippen molar-refractivity contribution in [3.8, 4) is 6.07 Å². The van der Waals surface area contributed by atoms with Crippen LogP contribution in [-0.4, -0.2) is 33.3 Å². The van der Waals surface area contributed by atoms with Crippen molar-refractivity contribution in [3.05, 3.63) is 35.9 Å². The summed E-state index contributed by atoms with van der Waals surface area (Å²) in [5, 5.41) is 18.9. The van der Waals surface area contributed by atoms with E-state index in [-0.39, 0.29) is 6.10 Å². The van der Waals surface area contributed by atoms with Crippen LogP contribution in [0.2, 0.25) is 0 Å². The van der Waals surface area contributed by atoms with E-state index in [0.29, 0.717) is 24.1 Å². The highest BCUT2D eigenvalue weighted by Gasteiger charge is 2.28. The van der Waals surface area contributed by atoms with E-state index in [0.717, 1.165) is 25.0 Å². The molecular weight excluding hydrogens is 268 g/mol. The largest absolute Gasteiger partial charge is 0.373 e.